The topological polar surface area (TPSA) is 43.0 Å². The number of rotatable bonds is 40. The van der Waals surface area contributed by atoms with E-state index in [-0.39, 0.29) is 6.10 Å². The fourth-order valence-electron chi connectivity index (χ4n) is 6.01. The van der Waals surface area contributed by atoms with Crippen molar-refractivity contribution < 1.29 is 14.2 Å². The summed E-state index contributed by atoms with van der Waals surface area (Å²) in [5.74, 6) is 0. The minimum atomic E-state index is -0.0826. The van der Waals surface area contributed by atoms with Crippen LogP contribution in [-0.4, -0.2) is 69.8 Å². The second kappa shape index (κ2) is 42.5. The molecule has 0 aliphatic carbocycles. The molecule has 0 aromatic heterocycles. The molecule has 296 valence electrons. The van der Waals surface area contributed by atoms with Crippen LogP contribution < -0.4 is 5.32 Å². The van der Waals surface area contributed by atoms with Crippen LogP contribution in [0.15, 0.2) is 24.3 Å². The van der Waals surface area contributed by atoms with Crippen LogP contribution >= 0.6 is 12.2 Å². The highest BCUT2D eigenvalue weighted by molar-refractivity contribution is 7.80. The molecule has 0 fully saturated rings. The van der Waals surface area contributed by atoms with Gasteiger partial charge >= 0.3 is 0 Å². The first-order valence-electron chi connectivity index (χ1n) is 21.6. The van der Waals surface area contributed by atoms with Crippen LogP contribution in [0.4, 0.5) is 0 Å². The van der Waals surface area contributed by atoms with Crippen molar-refractivity contribution >= 4 is 17.4 Å². The predicted octanol–water partition coefficient (Wildman–Crippen LogP) is 12.9. The first-order chi connectivity index (χ1) is 24.6. The van der Waals surface area contributed by atoms with Gasteiger partial charge in [-0.3, -0.25) is 0 Å². The van der Waals surface area contributed by atoms with Crippen LogP contribution in [0.3, 0.4) is 0 Å². The predicted molar refractivity (Wildman–Crippen MR) is 225 cm³/mol. The van der Waals surface area contributed by atoms with E-state index in [1.807, 2.05) is 0 Å². The highest BCUT2D eigenvalue weighted by Crippen LogP contribution is 2.12. The van der Waals surface area contributed by atoms with E-state index < -0.39 is 0 Å². The molecule has 0 saturated carbocycles. The van der Waals surface area contributed by atoms with E-state index in [2.05, 4.69) is 62.5 Å². The molecule has 1 N–H and O–H groups in total. The first-order valence-corrected chi connectivity index (χ1v) is 22.1. The molecule has 0 heterocycles. The van der Waals surface area contributed by atoms with Crippen LogP contribution in [0, 0.1) is 0 Å². The third-order valence-corrected chi connectivity index (χ3v) is 9.60. The van der Waals surface area contributed by atoms with Gasteiger partial charge in [0.2, 0.25) is 0 Å². The molecule has 5 nitrogen and oxygen atoms in total. The van der Waals surface area contributed by atoms with Gasteiger partial charge in [0.25, 0.3) is 5.17 Å². The summed E-state index contributed by atoms with van der Waals surface area (Å²) in [7, 11) is 4.11. The van der Waals surface area contributed by atoms with Gasteiger partial charge in [-0.05, 0) is 90.5 Å². The lowest BCUT2D eigenvalue weighted by atomic mass is 10.1. The summed E-state index contributed by atoms with van der Waals surface area (Å²) in [4.78, 5) is 2.13. The average molecular weight is 723 g/mol. The molecular formula is C44H86N2O3S. The van der Waals surface area contributed by atoms with Gasteiger partial charge in [-0.15, -0.1) is 0 Å². The lowest BCUT2D eigenvalue weighted by Crippen LogP contribution is -2.34. The minimum absolute atomic E-state index is 0.0826. The minimum Gasteiger partial charge on any atom is -0.468 e. The van der Waals surface area contributed by atoms with Crippen LogP contribution in [-0.2, 0) is 14.2 Å². The molecule has 50 heavy (non-hydrogen) atoms. The normalized spacial score (nSPS) is 12.5. The van der Waals surface area contributed by atoms with Gasteiger partial charge in [0, 0.05) is 26.3 Å². The Morgan fingerprint density at radius 1 is 0.540 bits per heavy atom. The maximum absolute atomic E-state index is 6.23. The summed E-state index contributed by atoms with van der Waals surface area (Å²) < 4.78 is 18.1. The van der Waals surface area contributed by atoms with Gasteiger partial charge in [-0.2, -0.15) is 0 Å². The molecule has 0 saturated heterocycles. The molecule has 0 aromatic carbocycles. The molecule has 1 unspecified atom stereocenters. The van der Waals surface area contributed by atoms with Crippen molar-refractivity contribution in [1.29, 1.82) is 0 Å². The molecule has 0 rings (SSSR count). The van der Waals surface area contributed by atoms with E-state index in [1.165, 1.54) is 167 Å². The van der Waals surface area contributed by atoms with Crippen molar-refractivity contribution in [3.63, 3.8) is 0 Å². The molecule has 1 atom stereocenters. The Balaban J connectivity index is 3.94. The number of nitrogens with one attached hydrogen (secondary N) is 1. The Morgan fingerprint density at radius 3 is 1.38 bits per heavy atom. The molecule has 0 aliphatic rings. The molecule has 0 aliphatic heterocycles. The maximum Gasteiger partial charge on any atom is 0.256 e. The summed E-state index contributed by atoms with van der Waals surface area (Å²) >= 11 is 5.39. The zero-order chi connectivity index (χ0) is 36.4. The smallest absolute Gasteiger partial charge is 0.256 e. The highest BCUT2D eigenvalue weighted by Gasteiger charge is 2.12. The van der Waals surface area contributed by atoms with Gasteiger partial charge in [0.15, 0.2) is 0 Å². The van der Waals surface area contributed by atoms with Crippen LogP contribution in [0.25, 0.3) is 0 Å². The molecular weight excluding hydrogens is 637 g/mol. The van der Waals surface area contributed by atoms with Gasteiger partial charge in [-0.25, -0.2) is 0 Å². The molecule has 0 radical (unpaired) electrons. The van der Waals surface area contributed by atoms with Crippen molar-refractivity contribution in [2.75, 3.05) is 53.6 Å². The van der Waals surface area contributed by atoms with Gasteiger partial charge in [0.1, 0.15) is 12.7 Å². The number of thiocarbonyl (C=S) groups is 1. The molecule has 0 bridgehead atoms. The van der Waals surface area contributed by atoms with E-state index in [4.69, 9.17) is 26.4 Å². The van der Waals surface area contributed by atoms with E-state index in [1.54, 1.807) is 0 Å². The number of ether oxygens (including phenoxy) is 3. The fourth-order valence-corrected chi connectivity index (χ4v) is 6.18. The second-order valence-electron chi connectivity index (χ2n) is 14.8. The van der Waals surface area contributed by atoms with E-state index >= 15 is 0 Å². The standard InChI is InChI=1S/C44H86N2O3S/c1-5-7-9-11-13-15-17-19-21-23-25-27-29-31-33-35-39-47-41-43(42-49-44(50)45-37-38-46(3)4)48-40-36-34-32-30-28-26-24-22-20-18-16-14-12-10-8-6-2/h19-22,43H,5-18,23-42H2,1-4H3,(H,45,50). The number of likely N-dealkylation sites (N-methyl/N-ethyl adjacent to an activating group) is 1. The Bertz CT molecular complexity index is 730. The summed E-state index contributed by atoms with van der Waals surface area (Å²) in [6.45, 7) is 8.82. The van der Waals surface area contributed by atoms with Gasteiger partial charge in [0.05, 0.1) is 6.61 Å². The van der Waals surface area contributed by atoms with Gasteiger partial charge in [-0.1, -0.05) is 154 Å². The number of hydrogen-bond acceptors (Lipinski definition) is 5. The number of allylic oxidation sites excluding steroid dienone is 4. The van der Waals surface area contributed by atoms with Crippen LogP contribution in [0.2, 0.25) is 0 Å². The number of nitrogens with zero attached hydrogens (tertiary/aromatic N) is 1. The van der Waals surface area contributed by atoms with Crippen molar-refractivity contribution in [2.24, 2.45) is 0 Å². The van der Waals surface area contributed by atoms with E-state index in [0.717, 1.165) is 39.1 Å². The zero-order valence-electron chi connectivity index (χ0n) is 34.0. The summed E-state index contributed by atoms with van der Waals surface area (Å²) in [6, 6.07) is 0. The summed E-state index contributed by atoms with van der Waals surface area (Å²) in [6.07, 6.45) is 46.5. The Morgan fingerprint density at radius 2 is 0.940 bits per heavy atom. The second-order valence-corrected chi connectivity index (χ2v) is 15.1. The fraction of sp³-hybridized carbons (Fsp3) is 0.886. The van der Waals surface area contributed by atoms with Crippen molar-refractivity contribution in [3.05, 3.63) is 24.3 Å². The number of unbranched alkanes of at least 4 members (excludes halogenated alkanes) is 24. The molecule has 0 aromatic rings. The van der Waals surface area contributed by atoms with E-state index in [9.17, 15) is 0 Å². The highest BCUT2D eigenvalue weighted by atomic mass is 32.1. The monoisotopic (exact) mass is 723 g/mol. The molecule has 0 amide bonds. The van der Waals surface area contributed by atoms with Crippen LogP contribution in [0.1, 0.15) is 194 Å². The Hall–Kier alpha value is -0.950. The third kappa shape index (κ3) is 41.5. The van der Waals surface area contributed by atoms with Crippen molar-refractivity contribution in [3.8, 4) is 0 Å². The first kappa shape index (κ1) is 49.0. The Kier molecular flexibility index (Phi) is 41.7. The van der Waals surface area contributed by atoms with Crippen molar-refractivity contribution in [1.82, 2.24) is 10.2 Å². The SMILES string of the molecule is CCCCCCCCC=CCCCCCCCCOCC(COC(=S)NCCN(C)C)OCCCCCCCCC=CCCCCCCCC. The zero-order valence-corrected chi connectivity index (χ0v) is 34.8. The summed E-state index contributed by atoms with van der Waals surface area (Å²) in [5.41, 5.74) is 0. The van der Waals surface area contributed by atoms with Crippen molar-refractivity contribution in [2.45, 2.75) is 200 Å². The quantitative estimate of drug-likeness (QED) is 0.0386. The molecule has 0 spiro atoms. The Labute approximate surface area is 318 Å². The third-order valence-electron chi connectivity index (χ3n) is 9.34. The van der Waals surface area contributed by atoms with Crippen LogP contribution in [0.5, 0.6) is 0 Å². The number of hydrogen-bond donors (Lipinski definition) is 1. The lowest BCUT2D eigenvalue weighted by Gasteiger charge is -2.20. The maximum atomic E-state index is 6.23. The average Bonchev–Trinajstić information content (AvgIpc) is 3.10. The lowest BCUT2D eigenvalue weighted by molar-refractivity contribution is -0.0412. The van der Waals surface area contributed by atoms with Gasteiger partial charge < -0.3 is 24.4 Å². The summed E-state index contributed by atoms with van der Waals surface area (Å²) in [5, 5.41) is 3.64. The molecule has 6 heteroatoms. The van der Waals surface area contributed by atoms with E-state index in [0.29, 0.717) is 18.4 Å². The largest absolute Gasteiger partial charge is 0.468 e.